The Bertz CT molecular complexity index is 2840. The second-order valence-electron chi connectivity index (χ2n) is 14.2. The van der Waals surface area contributed by atoms with Crippen molar-refractivity contribution in [2.75, 3.05) is 0 Å². The molecule has 8 aromatic carbocycles. The first-order valence-electron chi connectivity index (χ1n) is 19.1. The van der Waals surface area contributed by atoms with E-state index in [0.29, 0.717) is 56.9 Å². The lowest BCUT2D eigenvalue weighted by Gasteiger charge is -2.06. The molecule has 12 heteroatoms. The van der Waals surface area contributed by atoms with Gasteiger partial charge in [-0.25, -0.2) is 0 Å². The van der Waals surface area contributed by atoms with E-state index in [0.717, 1.165) is 43.8 Å². The van der Waals surface area contributed by atoms with E-state index in [-0.39, 0.29) is 11.5 Å². The van der Waals surface area contributed by atoms with Gasteiger partial charge in [0.05, 0.1) is 45.5 Å². The zero-order chi connectivity index (χ0) is 41.6. The SMILES string of the molecule is Cc1cc(/N=N/c2c(O)ccc3ccccc23)c(C)cc1/N=N/c1ccc(/N=N/c2ccc(/N=N/c3cc(C)c(/N=N/c4c(O)ccc5ccccc45)cc3C)cc2)cc1. The topological polar surface area (TPSA) is 164 Å². The predicted octanol–water partition coefficient (Wildman–Crippen LogP) is 16.7. The number of hydrogen-bond donors (Lipinski definition) is 2. The second kappa shape index (κ2) is 17.2. The Morgan fingerprint density at radius 2 is 0.583 bits per heavy atom. The van der Waals surface area contributed by atoms with Gasteiger partial charge in [-0.3, -0.25) is 0 Å². The maximum atomic E-state index is 10.5. The first-order chi connectivity index (χ1) is 29.2. The smallest absolute Gasteiger partial charge is 0.143 e. The van der Waals surface area contributed by atoms with E-state index < -0.39 is 0 Å². The summed E-state index contributed by atoms with van der Waals surface area (Å²) in [5, 5.41) is 68.8. The van der Waals surface area contributed by atoms with Crippen molar-refractivity contribution in [2.45, 2.75) is 27.7 Å². The van der Waals surface area contributed by atoms with Gasteiger partial charge in [0.25, 0.3) is 0 Å². The lowest BCUT2D eigenvalue weighted by molar-refractivity contribution is 0.476. The number of aromatic hydroxyl groups is 2. The Morgan fingerprint density at radius 1 is 0.300 bits per heavy atom. The fourth-order valence-electron chi connectivity index (χ4n) is 6.42. The predicted molar refractivity (Wildman–Crippen MR) is 237 cm³/mol. The van der Waals surface area contributed by atoms with Crippen molar-refractivity contribution in [2.24, 2.45) is 51.1 Å². The van der Waals surface area contributed by atoms with Crippen molar-refractivity contribution < 1.29 is 10.2 Å². The van der Waals surface area contributed by atoms with Crippen molar-refractivity contribution in [3.05, 3.63) is 168 Å². The summed E-state index contributed by atoms with van der Waals surface area (Å²) in [6.45, 7) is 7.76. The van der Waals surface area contributed by atoms with E-state index in [4.69, 9.17) is 0 Å². The van der Waals surface area contributed by atoms with Gasteiger partial charge >= 0.3 is 0 Å². The molecule has 60 heavy (non-hydrogen) atoms. The average Bonchev–Trinajstić information content (AvgIpc) is 3.26. The highest BCUT2D eigenvalue weighted by Crippen LogP contribution is 2.39. The number of phenols is 2. The van der Waals surface area contributed by atoms with Gasteiger partial charge < -0.3 is 10.2 Å². The first kappa shape index (κ1) is 38.7. The molecule has 0 atom stereocenters. The van der Waals surface area contributed by atoms with Crippen LogP contribution in [0.25, 0.3) is 21.5 Å². The third-order valence-electron chi connectivity index (χ3n) is 9.83. The van der Waals surface area contributed by atoms with E-state index in [9.17, 15) is 10.2 Å². The number of hydrogen-bond acceptors (Lipinski definition) is 12. The number of phenolic OH excluding ortho intramolecular Hbond substituents is 2. The van der Waals surface area contributed by atoms with Crippen LogP contribution in [0.3, 0.4) is 0 Å². The summed E-state index contributed by atoms with van der Waals surface area (Å²) in [5.41, 5.74) is 9.85. The van der Waals surface area contributed by atoms with E-state index in [1.165, 1.54) is 0 Å². The summed E-state index contributed by atoms with van der Waals surface area (Å²) >= 11 is 0. The summed E-state index contributed by atoms with van der Waals surface area (Å²) < 4.78 is 0. The number of azo groups is 5. The maximum absolute atomic E-state index is 10.5. The molecule has 0 aromatic heterocycles. The van der Waals surface area contributed by atoms with Gasteiger partial charge in [-0.15, -0.1) is 10.2 Å². The lowest BCUT2D eigenvalue weighted by atomic mass is 10.1. The van der Waals surface area contributed by atoms with Crippen LogP contribution in [0, 0.1) is 27.7 Å². The highest BCUT2D eigenvalue weighted by Gasteiger charge is 2.10. The van der Waals surface area contributed by atoms with Crippen LogP contribution in [0.1, 0.15) is 22.3 Å². The fourth-order valence-corrected chi connectivity index (χ4v) is 6.42. The van der Waals surface area contributed by atoms with Crippen LogP contribution in [0.4, 0.5) is 56.9 Å². The van der Waals surface area contributed by atoms with Gasteiger partial charge in [-0.1, -0.05) is 60.7 Å². The maximum Gasteiger partial charge on any atom is 0.143 e. The second-order valence-corrected chi connectivity index (χ2v) is 14.2. The Labute approximate surface area is 345 Å². The number of fused-ring (bicyclic) bond motifs is 2. The summed E-state index contributed by atoms with van der Waals surface area (Å²) in [7, 11) is 0. The molecule has 0 unspecified atom stereocenters. The fraction of sp³-hybridized carbons (Fsp3) is 0.0833. The zero-order valence-electron chi connectivity index (χ0n) is 33.2. The summed E-state index contributed by atoms with van der Waals surface area (Å²) in [6.07, 6.45) is 0. The van der Waals surface area contributed by atoms with Crippen LogP contribution in [-0.4, -0.2) is 10.2 Å². The molecule has 0 saturated carbocycles. The van der Waals surface area contributed by atoms with Crippen LogP contribution < -0.4 is 0 Å². The quantitative estimate of drug-likeness (QED) is 0.132. The van der Waals surface area contributed by atoms with Crippen LogP contribution in [0.15, 0.2) is 197 Å². The Balaban J connectivity index is 0.879. The molecule has 0 radical (unpaired) electrons. The van der Waals surface area contributed by atoms with Gasteiger partial charge in [-0.2, -0.15) is 40.9 Å². The lowest BCUT2D eigenvalue weighted by Crippen LogP contribution is -1.80. The Hall–Kier alpha value is -8.12. The largest absolute Gasteiger partial charge is 0.506 e. The number of aryl methyl sites for hydroxylation is 4. The number of nitrogens with zero attached hydrogens (tertiary/aromatic N) is 10. The van der Waals surface area contributed by atoms with Gasteiger partial charge in [0.15, 0.2) is 0 Å². The highest BCUT2D eigenvalue weighted by molar-refractivity contribution is 5.96. The normalized spacial score (nSPS) is 12.1. The molecule has 12 nitrogen and oxygen atoms in total. The van der Waals surface area contributed by atoms with Gasteiger partial charge in [0.2, 0.25) is 0 Å². The van der Waals surface area contributed by atoms with Gasteiger partial charge in [0, 0.05) is 10.8 Å². The van der Waals surface area contributed by atoms with Crippen molar-refractivity contribution in [1.29, 1.82) is 0 Å². The van der Waals surface area contributed by atoms with E-state index in [1.807, 2.05) is 161 Å². The number of benzene rings is 8. The molecule has 0 amide bonds. The third kappa shape index (κ3) is 8.72. The van der Waals surface area contributed by atoms with Crippen LogP contribution in [-0.2, 0) is 0 Å². The minimum Gasteiger partial charge on any atom is -0.506 e. The Kier molecular flexibility index (Phi) is 11.1. The van der Waals surface area contributed by atoms with Crippen LogP contribution in [0.5, 0.6) is 11.5 Å². The third-order valence-corrected chi connectivity index (χ3v) is 9.83. The minimum atomic E-state index is 0.0753. The van der Waals surface area contributed by atoms with Gasteiger partial charge in [0.1, 0.15) is 22.9 Å². The average molecular weight is 787 g/mol. The van der Waals surface area contributed by atoms with Crippen molar-refractivity contribution in [3.63, 3.8) is 0 Å². The molecule has 0 aliphatic carbocycles. The molecule has 0 heterocycles. The molecule has 292 valence electrons. The molecule has 0 bridgehead atoms. The molecule has 2 N–H and O–H groups in total. The molecule has 0 spiro atoms. The summed E-state index contributed by atoms with van der Waals surface area (Å²) in [5.74, 6) is 0.151. The molecular formula is C48H38N10O2. The van der Waals surface area contributed by atoms with E-state index in [1.54, 1.807) is 12.1 Å². The van der Waals surface area contributed by atoms with Crippen molar-refractivity contribution in [1.82, 2.24) is 0 Å². The van der Waals surface area contributed by atoms with Gasteiger partial charge in [-0.05, 0) is 146 Å². The zero-order valence-corrected chi connectivity index (χ0v) is 33.2. The molecule has 0 aliphatic rings. The molecule has 0 saturated heterocycles. The van der Waals surface area contributed by atoms with Crippen LogP contribution >= 0.6 is 0 Å². The van der Waals surface area contributed by atoms with Crippen molar-refractivity contribution in [3.8, 4) is 11.5 Å². The summed E-state index contributed by atoms with van der Waals surface area (Å²) in [6, 6.07) is 44.7. The van der Waals surface area contributed by atoms with Crippen LogP contribution in [0.2, 0.25) is 0 Å². The standard InChI is InChI=1S/C48H38N10O2/c1-29-27-43(55-57-47-39-11-7-5-9-33(39)13-23-45(47)59)31(3)25-41(29)53-51-37-19-15-35(16-20-37)49-50-36-17-21-38(22-18-36)52-54-42-26-32(4)44(28-30(42)2)56-58-48-40-12-8-6-10-34(40)14-24-46(48)60/h5-28,59-60H,1-4H3/b50-49+,53-51+,54-52+,57-55+,58-56+. The molecule has 0 fully saturated rings. The Morgan fingerprint density at radius 3 is 0.917 bits per heavy atom. The summed E-state index contributed by atoms with van der Waals surface area (Å²) in [4.78, 5) is 0. The van der Waals surface area contributed by atoms with Crippen molar-refractivity contribution >= 4 is 78.4 Å². The first-order valence-corrected chi connectivity index (χ1v) is 19.1. The molecular weight excluding hydrogens is 749 g/mol. The monoisotopic (exact) mass is 786 g/mol. The van der Waals surface area contributed by atoms with E-state index >= 15 is 0 Å². The molecule has 8 aromatic rings. The number of rotatable bonds is 10. The molecule has 8 rings (SSSR count). The minimum absolute atomic E-state index is 0.0753. The highest BCUT2D eigenvalue weighted by atomic mass is 16.3. The molecule has 0 aliphatic heterocycles. The van der Waals surface area contributed by atoms with E-state index in [2.05, 4.69) is 51.1 Å².